The molecule has 0 saturated heterocycles. The van der Waals surface area contributed by atoms with E-state index in [0.717, 1.165) is 38.8 Å². The number of para-hydroxylation sites is 1. The van der Waals surface area contributed by atoms with Crippen LogP contribution >= 0.6 is 0 Å². The average molecular weight is 434 g/mol. The van der Waals surface area contributed by atoms with Crippen LogP contribution in [-0.4, -0.2) is 27.3 Å². The smallest absolute Gasteiger partial charge is 0.296 e. The Morgan fingerprint density at radius 2 is 1.67 bits per heavy atom. The standard InChI is InChI=1S/C22H31N3O4S/c1-4-6-13-25(14-7-5-2)21-16-18(17(3)26)15-20(24-30(23,27)28)22(21)29-19-11-9-8-10-12-19/h8-12,15-16,24H,4-7,13-14H2,1-3H3,(H2,23,27,28). The first-order chi connectivity index (χ1) is 14.2. The monoisotopic (exact) mass is 433 g/mol. The van der Waals surface area contributed by atoms with Gasteiger partial charge in [-0.2, -0.15) is 8.42 Å². The van der Waals surface area contributed by atoms with Gasteiger partial charge in [0.15, 0.2) is 11.5 Å². The molecule has 0 aliphatic rings. The number of ketones is 1. The van der Waals surface area contributed by atoms with Gasteiger partial charge in [0.05, 0.1) is 11.4 Å². The first-order valence-electron chi connectivity index (χ1n) is 10.2. The van der Waals surface area contributed by atoms with Crippen LogP contribution in [-0.2, 0) is 10.2 Å². The highest BCUT2D eigenvalue weighted by Gasteiger charge is 2.22. The number of carbonyl (C=O) groups is 1. The zero-order valence-electron chi connectivity index (χ0n) is 17.8. The fourth-order valence-electron chi connectivity index (χ4n) is 3.05. The molecule has 0 fully saturated rings. The van der Waals surface area contributed by atoms with Crippen LogP contribution < -0.4 is 19.5 Å². The fraction of sp³-hybridized carbons (Fsp3) is 0.409. The first-order valence-corrected chi connectivity index (χ1v) is 11.8. The summed E-state index contributed by atoms with van der Waals surface area (Å²) in [6, 6.07) is 12.3. The number of nitrogens with two attached hydrogens (primary N) is 1. The number of hydrogen-bond donors (Lipinski definition) is 2. The summed E-state index contributed by atoms with van der Waals surface area (Å²) in [5.74, 6) is 0.705. The number of carbonyl (C=O) groups excluding carboxylic acids is 1. The molecule has 0 heterocycles. The van der Waals surface area contributed by atoms with Crippen molar-refractivity contribution in [2.24, 2.45) is 5.14 Å². The lowest BCUT2D eigenvalue weighted by Gasteiger charge is -2.28. The van der Waals surface area contributed by atoms with Crippen LogP contribution in [0.4, 0.5) is 11.4 Å². The number of Topliss-reactive ketones (excluding diaryl/α,β-unsaturated/α-hetero) is 1. The van der Waals surface area contributed by atoms with E-state index in [9.17, 15) is 13.2 Å². The van der Waals surface area contributed by atoms with Crippen molar-refractivity contribution in [2.75, 3.05) is 22.7 Å². The SMILES string of the molecule is CCCCN(CCCC)c1cc(C(C)=O)cc(NS(N)(=O)=O)c1Oc1ccccc1. The van der Waals surface area contributed by atoms with Gasteiger partial charge in [-0.1, -0.05) is 44.9 Å². The van der Waals surface area contributed by atoms with Gasteiger partial charge in [0.1, 0.15) is 5.75 Å². The predicted octanol–water partition coefficient (Wildman–Crippen LogP) is 4.70. The van der Waals surface area contributed by atoms with Crippen molar-refractivity contribution in [3.8, 4) is 11.5 Å². The van der Waals surface area contributed by atoms with Gasteiger partial charge in [0, 0.05) is 18.7 Å². The number of ether oxygens (including phenoxy) is 1. The number of anilines is 2. The van der Waals surface area contributed by atoms with Gasteiger partial charge < -0.3 is 9.64 Å². The Kier molecular flexibility index (Phi) is 8.68. The van der Waals surface area contributed by atoms with Crippen molar-refractivity contribution in [2.45, 2.75) is 46.5 Å². The Morgan fingerprint density at radius 3 is 2.17 bits per heavy atom. The molecule has 3 N–H and O–H groups in total. The third-order valence-corrected chi connectivity index (χ3v) is 5.10. The molecule has 2 aromatic carbocycles. The Morgan fingerprint density at radius 1 is 1.07 bits per heavy atom. The van der Waals surface area contributed by atoms with Gasteiger partial charge >= 0.3 is 0 Å². The van der Waals surface area contributed by atoms with Crippen molar-refractivity contribution in [3.05, 3.63) is 48.0 Å². The van der Waals surface area contributed by atoms with Crippen LogP contribution in [0.3, 0.4) is 0 Å². The van der Waals surface area contributed by atoms with Gasteiger partial charge in [0.2, 0.25) is 0 Å². The van der Waals surface area contributed by atoms with Crippen LogP contribution in [0.5, 0.6) is 11.5 Å². The molecule has 7 nitrogen and oxygen atoms in total. The lowest BCUT2D eigenvalue weighted by molar-refractivity contribution is 0.101. The number of nitrogens with one attached hydrogen (secondary N) is 1. The Balaban J connectivity index is 2.67. The predicted molar refractivity (Wildman–Crippen MR) is 122 cm³/mol. The number of nitrogens with zero attached hydrogens (tertiary/aromatic N) is 1. The molecule has 0 unspecified atom stereocenters. The van der Waals surface area contributed by atoms with Crippen molar-refractivity contribution < 1.29 is 17.9 Å². The van der Waals surface area contributed by atoms with Crippen molar-refractivity contribution in [1.82, 2.24) is 0 Å². The minimum Gasteiger partial charge on any atom is -0.453 e. The molecule has 0 bridgehead atoms. The summed E-state index contributed by atoms with van der Waals surface area (Å²) in [6.07, 6.45) is 3.92. The molecule has 0 radical (unpaired) electrons. The topological polar surface area (TPSA) is 102 Å². The van der Waals surface area contributed by atoms with E-state index in [1.807, 2.05) is 18.2 Å². The van der Waals surface area contributed by atoms with Crippen LogP contribution in [0.25, 0.3) is 0 Å². The molecule has 0 atom stereocenters. The number of benzene rings is 2. The lowest BCUT2D eigenvalue weighted by Crippen LogP contribution is -2.27. The van der Waals surface area contributed by atoms with E-state index >= 15 is 0 Å². The Labute approximate surface area is 179 Å². The van der Waals surface area contributed by atoms with E-state index in [2.05, 4.69) is 23.5 Å². The summed E-state index contributed by atoms with van der Waals surface area (Å²) in [5.41, 5.74) is 1.19. The van der Waals surface area contributed by atoms with Gasteiger partial charge in [-0.15, -0.1) is 0 Å². The van der Waals surface area contributed by atoms with E-state index in [1.165, 1.54) is 13.0 Å². The van der Waals surface area contributed by atoms with Crippen LogP contribution in [0.1, 0.15) is 56.8 Å². The number of unbranched alkanes of at least 4 members (excludes halogenated alkanes) is 2. The summed E-state index contributed by atoms with van der Waals surface area (Å²) in [6.45, 7) is 7.19. The molecular formula is C22H31N3O4S. The van der Waals surface area contributed by atoms with Crippen molar-refractivity contribution in [3.63, 3.8) is 0 Å². The molecule has 30 heavy (non-hydrogen) atoms. The highest BCUT2D eigenvalue weighted by atomic mass is 32.2. The van der Waals surface area contributed by atoms with Gasteiger partial charge in [-0.25, -0.2) is 5.14 Å². The molecule has 2 rings (SSSR count). The number of rotatable bonds is 12. The molecular weight excluding hydrogens is 402 g/mol. The lowest BCUT2D eigenvalue weighted by atomic mass is 10.1. The summed E-state index contributed by atoms with van der Waals surface area (Å²) >= 11 is 0. The maximum Gasteiger partial charge on any atom is 0.296 e. The second-order valence-corrected chi connectivity index (χ2v) is 8.48. The van der Waals surface area contributed by atoms with E-state index in [1.54, 1.807) is 18.2 Å². The fourth-order valence-corrected chi connectivity index (χ4v) is 3.50. The van der Waals surface area contributed by atoms with Crippen LogP contribution in [0.15, 0.2) is 42.5 Å². The largest absolute Gasteiger partial charge is 0.453 e. The summed E-state index contributed by atoms with van der Waals surface area (Å²) in [4.78, 5) is 14.3. The Hall–Kier alpha value is -2.58. The van der Waals surface area contributed by atoms with Crippen LogP contribution in [0, 0.1) is 0 Å². The summed E-state index contributed by atoms with van der Waals surface area (Å²) < 4.78 is 32.1. The molecule has 0 aliphatic heterocycles. The average Bonchev–Trinajstić information content (AvgIpc) is 2.69. The van der Waals surface area contributed by atoms with E-state index in [4.69, 9.17) is 9.88 Å². The van der Waals surface area contributed by atoms with E-state index < -0.39 is 10.2 Å². The van der Waals surface area contributed by atoms with Crippen molar-refractivity contribution in [1.29, 1.82) is 0 Å². The third-order valence-electron chi connectivity index (χ3n) is 4.60. The maximum atomic E-state index is 12.2. The second kappa shape index (κ2) is 11.0. The minimum atomic E-state index is -4.07. The molecule has 2 aromatic rings. The molecule has 0 amide bonds. The summed E-state index contributed by atoms with van der Waals surface area (Å²) in [7, 11) is -4.07. The van der Waals surface area contributed by atoms with Gasteiger partial charge in [-0.3, -0.25) is 9.52 Å². The molecule has 0 spiro atoms. The Bertz CT molecular complexity index is 938. The zero-order chi connectivity index (χ0) is 22.1. The number of hydrogen-bond acceptors (Lipinski definition) is 5. The second-order valence-electron chi connectivity index (χ2n) is 7.18. The quantitative estimate of drug-likeness (QED) is 0.472. The highest BCUT2D eigenvalue weighted by molar-refractivity contribution is 7.90. The highest BCUT2D eigenvalue weighted by Crippen LogP contribution is 2.41. The van der Waals surface area contributed by atoms with Crippen molar-refractivity contribution >= 4 is 27.4 Å². The molecule has 0 saturated carbocycles. The third kappa shape index (κ3) is 7.03. The first kappa shape index (κ1) is 23.7. The van der Waals surface area contributed by atoms with E-state index in [0.29, 0.717) is 22.7 Å². The van der Waals surface area contributed by atoms with Gasteiger partial charge in [0.25, 0.3) is 10.2 Å². The molecule has 0 aromatic heterocycles. The van der Waals surface area contributed by atoms with Gasteiger partial charge in [-0.05, 0) is 44.0 Å². The molecule has 164 valence electrons. The van der Waals surface area contributed by atoms with E-state index in [-0.39, 0.29) is 11.5 Å². The molecule has 8 heteroatoms. The maximum absolute atomic E-state index is 12.2. The van der Waals surface area contributed by atoms with Crippen LogP contribution in [0.2, 0.25) is 0 Å². The minimum absolute atomic E-state index is 0.141. The normalized spacial score (nSPS) is 11.2. The zero-order valence-corrected chi connectivity index (χ0v) is 18.7. The summed E-state index contributed by atoms with van der Waals surface area (Å²) in [5, 5.41) is 5.25. The molecule has 0 aliphatic carbocycles.